The third-order valence-electron chi connectivity index (χ3n) is 7.29. The maximum Gasteiger partial charge on any atom is 0.257 e. The molecule has 3 aromatic carbocycles. The van der Waals surface area contributed by atoms with Crippen LogP contribution in [0.5, 0.6) is 5.75 Å². The molecular formula is C32H24F4N4O6S. The number of nitrogens with zero attached hydrogens (tertiary/aromatic N) is 3. The van der Waals surface area contributed by atoms with Gasteiger partial charge in [0.2, 0.25) is 15.9 Å². The Kier molecular flexibility index (Phi) is 8.09. The molecule has 242 valence electrons. The first kappa shape index (κ1) is 31.5. The van der Waals surface area contributed by atoms with E-state index in [-0.39, 0.29) is 62.0 Å². The van der Waals surface area contributed by atoms with Crippen molar-refractivity contribution in [3.63, 3.8) is 0 Å². The van der Waals surface area contributed by atoms with E-state index in [2.05, 4.69) is 15.3 Å². The molecule has 6 aromatic rings. The Bertz CT molecular complexity index is 2240. The Labute approximate surface area is 264 Å². The molecule has 1 amide bonds. The van der Waals surface area contributed by atoms with Crippen molar-refractivity contribution in [2.24, 2.45) is 0 Å². The molecule has 0 saturated carbocycles. The number of carbonyl (C=O) groups is 1. The van der Waals surface area contributed by atoms with Crippen molar-refractivity contribution in [3.05, 3.63) is 84.1 Å². The molecule has 0 unspecified atom stereocenters. The monoisotopic (exact) mass is 668 g/mol. The minimum atomic E-state index is -4.36. The topological polar surface area (TPSA) is 128 Å². The number of alkyl halides is 2. The number of hydrogen-bond donors (Lipinski definition) is 1. The first-order valence-corrected chi connectivity index (χ1v) is 15.7. The molecule has 0 bridgehead atoms. The number of ether oxygens (including phenoxy) is 1. The van der Waals surface area contributed by atoms with Crippen LogP contribution in [0.2, 0.25) is 0 Å². The molecule has 0 fully saturated rings. The third kappa shape index (κ3) is 5.85. The molecule has 3 heterocycles. The fourth-order valence-corrected chi connectivity index (χ4v) is 6.15. The van der Waals surface area contributed by atoms with Crippen LogP contribution in [-0.4, -0.2) is 57.7 Å². The second-order valence-electron chi connectivity index (χ2n) is 10.3. The number of halogens is 4. The fraction of sp³-hybridized carbons (Fsp3) is 0.156. The number of fused-ring (bicyclic) bond motifs is 2. The summed E-state index contributed by atoms with van der Waals surface area (Å²) in [5.41, 5.74) is 0.413. The van der Waals surface area contributed by atoms with Crippen LogP contribution in [-0.2, 0) is 10.0 Å². The second-order valence-corrected chi connectivity index (χ2v) is 12.2. The number of rotatable bonds is 9. The lowest BCUT2D eigenvalue weighted by Gasteiger charge is -2.25. The van der Waals surface area contributed by atoms with Gasteiger partial charge in [-0.3, -0.25) is 9.10 Å². The summed E-state index contributed by atoms with van der Waals surface area (Å²) in [5, 5.41) is 2.65. The van der Waals surface area contributed by atoms with E-state index in [0.29, 0.717) is 15.5 Å². The molecule has 0 radical (unpaired) electrons. The summed E-state index contributed by atoms with van der Waals surface area (Å²) in [7, 11) is -1.76. The molecule has 0 spiro atoms. The Morgan fingerprint density at radius 2 is 1.74 bits per heavy atom. The van der Waals surface area contributed by atoms with Gasteiger partial charge in [0, 0.05) is 35.8 Å². The van der Waals surface area contributed by atoms with Gasteiger partial charge in [-0.05, 0) is 60.2 Å². The van der Waals surface area contributed by atoms with Gasteiger partial charge in [-0.25, -0.2) is 31.0 Å². The summed E-state index contributed by atoms with van der Waals surface area (Å²) < 4.78 is 101. The quantitative estimate of drug-likeness (QED) is 0.170. The average Bonchev–Trinajstić information content (AvgIpc) is 3.63. The molecule has 3 aromatic heterocycles. The Morgan fingerprint density at radius 3 is 2.38 bits per heavy atom. The lowest BCUT2D eigenvalue weighted by atomic mass is 9.96. The Balaban J connectivity index is 1.69. The van der Waals surface area contributed by atoms with Crippen molar-refractivity contribution < 1.29 is 44.3 Å². The van der Waals surface area contributed by atoms with E-state index < -0.39 is 40.5 Å². The molecule has 47 heavy (non-hydrogen) atoms. The number of aromatic nitrogens is 2. The highest BCUT2D eigenvalue weighted by Gasteiger charge is 2.30. The number of benzene rings is 3. The summed E-state index contributed by atoms with van der Waals surface area (Å²) in [6, 6.07) is 13.2. The number of methoxy groups -OCH3 is 1. The lowest BCUT2D eigenvalue weighted by molar-refractivity contribution is 0.0964. The van der Waals surface area contributed by atoms with Crippen molar-refractivity contribution in [2.45, 2.75) is 6.43 Å². The van der Waals surface area contributed by atoms with Gasteiger partial charge in [0.25, 0.3) is 12.3 Å². The van der Waals surface area contributed by atoms with Gasteiger partial charge in [0.05, 0.1) is 36.7 Å². The standard InChI is InChI=1S/C32H24F4N4O6S/c1-37-31(41)27-20-13-19(17-11-21(29(44-2)22(34)12-17)32-39-30-24(46-32)5-4-10-38-30)23(40(15-26(35)36)47(3,42)43)14-25(20)45-28(27)16-6-8-18(33)9-7-16/h4-14,26H,15H2,1-3H3,(H,37,41). The number of pyridine rings is 1. The molecular weight excluding hydrogens is 644 g/mol. The molecule has 0 atom stereocenters. The first-order chi connectivity index (χ1) is 22.4. The normalized spacial score (nSPS) is 11.8. The summed E-state index contributed by atoms with van der Waals surface area (Å²) in [6.07, 6.45) is -0.865. The molecule has 0 aliphatic heterocycles. The van der Waals surface area contributed by atoms with Crippen LogP contribution < -0.4 is 14.4 Å². The van der Waals surface area contributed by atoms with Crippen LogP contribution in [0, 0.1) is 11.6 Å². The largest absolute Gasteiger partial charge is 0.493 e. The zero-order chi connectivity index (χ0) is 33.6. The van der Waals surface area contributed by atoms with E-state index in [9.17, 15) is 26.4 Å². The zero-order valence-electron chi connectivity index (χ0n) is 24.8. The predicted molar refractivity (Wildman–Crippen MR) is 166 cm³/mol. The van der Waals surface area contributed by atoms with Gasteiger partial charge < -0.3 is 18.9 Å². The average molecular weight is 669 g/mol. The van der Waals surface area contributed by atoms with E-state index in [1.807, 2.05) is 0 Å². The van der Waals surface area contributed by atoms with E-state index in [1.54, 1.807) is 12.1 Å². The van der Waals surface area contributed by atoms with Crippen molar-refractivity contribution in [3.8, 4) is 39.7 Å². The summed E-state index contributed by atoms with van der Waals surface area (Å²) >= 11 is 0. The van der Waals surface area contributed by atoms with Crippen LogP contribution in [0.1, 0.15) is 10.4 Å². The van der Waals surface area contributed by atoms with Crippen molar-refractivity contribution in [2.75, 3.05) is 31.3 Å². The third-order valence-corrected chi connectivity index (χ3v) is 8.44. The van der Waals surface area contributed by atoms with E-state index >= 15 is 4.39 Å². The van der Waals surface area contributed by atoms with Crippen molar-refractivity contribution in [1.29, 1.82) is 0 Å². The SMILES string of the molecule is CNC(=O)c1c(-c2ccc(F)cc2)oc2cc(N(CC(F)F)S(C)(=O)=O)c(-c3cc(F)c(OC)c(-c4nc5ncccc5o4)c3)cc12. The summed E-state index contributed by atoms with van der Waals surface area (Å²) in [4.78, 5) is 21.7. The number of furan rings is 1. The highest BCUT2D eigenvalue weighted by molar-refractivity contribution is 7.92. The number of sulfonamides is 1. The van der Waals surface area contributed by atoms with Gasteiger partial charge in [0.15, 0.2) is 22.8 Å². The van der Waals surface area contributed by atoms with Crippen LogP contribution in [0.25, 0.3) is 56.1 Å². The highest BCUT2D eigenvalue weighted by Crippen LogP contribution is 2.44. The number of nitrogens with one attached hydrogen (secondary N) is 1. The molecule has 0 aliphatic rings. The predicted octanol–water partition coefficient (Wildman–Crippen LogP) is 6.65. The van der Waals surface area contributed by atoms with Crippen molar-refractivity contribution in [1.82, 2.24) is 15.3 Å². The van der Waals surface area contributed by atoms with E-state index in [0.717, 1.165) is 24.5 Å². The molecule has 6 rings (SSSR count). The fourth-order valence-electron chi connectivity index (χ4n) is 5.26. The molecule has 0 saturated heterocycles. The minimum Gasteiger partial charge on any atom is -0.493 e. The smallest absolute Gasteiger partial charge is 0.257 e. The molecule has 15 heteroatoms. The van der Waals surface area contributed by atoms with Gasteiger partial charge in [-0.2, -0.15) is 4.98 Å². The van der Waals surface area contributed by atoms with Gasteiger partial charge in [-0.1, -0.05) is 0 Å². The highest BCUT2D eigenvalue weighted by atomic mass is 32.2. The minimum absolute atomic E-state index is 0.000667. The number of oxazole rings is 1. The molecule has 10 nitrogen and oxygen atoms in total. The molecule has 1 N–H and O–H groups in total. The van der Waals surface area contributed by atoms with Gasteiger partial charge >= 0.3 is 0 Å². The molecule has 0 aliphatic carbocycles. The number of anilines is 1. The maximum absolute atomic E-state index is 15.8. The van der Waals surface area contributed by atoms with Crippen molar-refractivity contribution >= 4 is 43.8 Å². The number of amides is 1. The Morgan fingerprint density at radius 1 is 1.00 bits per heavy atom. The zero-order valence-corrected chi connectivity index (χ0v) is 25.7. The first-order valence-electron chi connectivity index (χ1n) is 13.8. The van der Waals surface area contributed by atoms with Gasteiger partial charge in [0.1, 0.15) is 17.2 Å². The Hall–Kier alpha value is -5.44. The van der Waals surface area contributed by atoms with Crippen LogP contribution in [0.4, 0.5) is 23.2 Å². The van der Waals surface area contributed by atoms with Gasteiger partial charge in [-0.15, -0.1) is 0 Å². The maximum atomic E-state index is 15.8. The number of hydrogen-bond acceptors (Lipinski definition) is 8. The lowest BCUT2D eigenvalue weighted by Crippen LogP contribution is -2.34. The van der Waals surface area contributed by atoms with E-state index in [1.165, 1.54) is 50.7 Å². The number of carbonyl (C=O) groups excluding carboxylic acids is 1. The second kappa shape index (κ2) is 12.1. The van der Waals surface area contributed by atoms with Crippen LogP contribution in [0.3, 0.4) is 0 Å². The van der Waals surface area contributed by atoms with E-state index in [4.69, 9.17) is 13.6 Å². The summed E-state index contributed by atoms with van der Waals surface area (Å²) in [6.45, 7) is -1.24. The van der Waals surface area contributed by atoms with Crippen LogP contribution >= 0.6 is 0 Å². The summed E-state index contributed by atoms with van der Waals surface area (Å²) in [5.74, 6) is -2.41. The van der Waals surface area contributed by atoms with Crippen LogP contribution in [0.15, 0.2) is 75.7 Å².